The number of allylic oxidation sites excluding steroid dienone is 4. The summed E-state index contributed by atoms with van der Waals surface area (Å²) in [7, 11) is 1.70. The predicted octanol–water partition coefficient (Wildman–Crippen LogP) is 6.92. The number of hydrogen-bond acceptors (Lipinski definition) is 4. The van der Waals surface area contributed by atoms with E-state index in [0.29, 0.717) is 24.7 Å². The van der Waals surface area contributed by atoms with Gasteiger partial charge in [0.1, 0.15) is 5.76 Å². The molecule has 0 atom stereocenters. The van der Waals surface area contributed by atoms with E-state index < -0.39 is 0 Å². The van der Waals surface area contributed by atoms with E-state index in [1.54, 1.807) is 7.11 Å². The fourth-order valence-corrected chi connectivity index (χ4v) is 5.98. The number of methoxy groups -OCH3 is 1. The van der Waals surface area contributed by atoms with Gasteiger partial charge in [-0.05, 0) is 114 Å². The first-order valence-electron chi connectivity index (χ1n) is 14.4. The van der Waals surface area contributed by atoms with Crippen molar-refractivity contribution >= 4 is 11.6 Å². The molecular formula is C33H45N3O3. The first-order chi connectivity index (χ1) is 18.7. The monoisotopic (exact) mass is 531 g/mol. The summed E-state index contributed by atoms with van der Waals surface area (Å²) in [5, 5.41) is 10.0. The molecule has 39 heavy (non-hydrogen) atoms. The maximum Gasteiger partial charge on any atom is 0.230 e. The Bertz CT molecular complexity index is 1190. The lowest BCUT2D eigenvalue weighted by molar-refractivity contribution is -0.124. The number of benzene rings is 1. The zero-order chi connectivity index (χ0) is 27.9. The van der Waals surface area contributed by atoms with E-state index in [4.69, 9.17) is 4.74 Å². The summed E-state index contributed by atoms with van der Waals surface area (Å²) in [6, 6.07) is 8.24. The zero-order valence-electron chi connectivity index (χ0n) is 24.1. The first-order valence-corrected chi connectivity index (χ1v) is 14.4. The summed E-state index contributed by atoms with van der Waals surface area (Å²) >= 11 is 0. The van der Waals surface area contributed by atoms with E-state index in [1.165, 1.54) is 0 Å². The van der Waals surface area contributed by atoms with Gasteiger partial charge in [-0.15, -0.1) is 0 Å². The molecule has 2 fully saturated rings. The Balaban J connectivity index is 1.47. The van der Waals surface area contributed by atoms with Crippen LogP contribution in [0.15, 0.2) is 72.4 Å². The number of imidazole rings is 1. The second-order valence-corrected chi connectivity index (χ2v) is 11.6. The lowest BCUT2D eigenvalue weighted by Gasteiger charge is -2.36. The van der Waals surface area contributed by atoms with Crippen LogP contribution in [0.1, 0.15) is 70.9 Å². The number of aromatic nitrogens is 2. The van der Waals surface area contributed by atoms with Crippen molar-refractivity contribution in [1.82, 2.24) is 9.55 Å². The molecule has 210 valence electrons. The van der Waals surface area contributed by atoms with E-state index in [-0.39, 0.29) is 17.9 Å². The van der Waals surface area contributed by atoms with E-state index in [9.17, 15) is 9.90 Å². The van der Waals surface area contributed by atoms with Gasteiger partial charge in [-0.1, -0.05) is 24.3 Å². The molecule has 2 aliphatic carbocycles. The van der Waals surface area contributed by atoms with Crippen molar-refractivity contribution in [2.75, 3.05) is 18.6 Å². The van der Waals surface area contributed by atoms with Crippen LogP contribution in [0.3, 0.4) is 0 Å². The molecule has 0 radical (unpaired) electrons. The summed E-state index contributed by atoms with van der Waals surface area (Å²) in [6.45, 7) is 11.2. The van der Waals surface area contributed by atoms with Crippen LogP contribution >= 0.6 is 0 Å². The first kappa shape index (κ1) is 28.9. The highest BCUT2D eigenvalue weighted by Crippen LogP contribution is 2.36. The highest BCUT2D eigenvalue weighted by Gasteiger charge is 2.32. The van der Waals surface area contributed by atoms with Gasteiger partial charge in [-0.2, -0.15) is 0 Å². The van der Waals surface area contributed by atoms with Crippen LogP contribution in [0.25, 0.3) is 5.69 Å². The predicted molar refractivity (Wildman–Crippen MR) is 158 cm³/mol. The molecule has 0 bridgehead atoms. The van der Waals surface area contributed by atoms with Crippen molar-refractivity contribution in [2.24, 2.45) is 17.8 Å². The van der Waals surface area contributed by atoms with Crippen LogP contribution < -0.4 is 4.90 Å². The molecule has 2 aromatic rings. The van der Waals surface area contributed by atoms with E-state index in [0.717, 1.165) is 79.0 Å². The normalized spacial score (nSPS) is 23.4. The van der Waals surface area contributed by atoms with E-state index >= 15 is 0 Å². The van der Waals surface area contributed by atoms with E-state index in [1.807, 2.05) is 54.9 Å². The molecule has 2 saturated carbocycles. The van der Waals surface area contributed by atoms with Gasteiger partial charge in [0.2, 0.25) is 5.91 Å². The number of carbonyl (C=O) groups is 1. The Morgan fingerprint density at radius 1 is 1.10 bits per heavy atom. The van der Waals surface area contributed by atoms with Crippen LogP contribution in [0, 0.1) is 24.7 Å². The van der Waals surface area contributed by atoms with Crippen molar-refractivity contribution in [2.45, 2.75) is 78.2 Å². The van der Waals surface area contributed by atoms with Gasteiger partial charge in [-0.3, -0.25) is 4.79 Å². The highest BCUT2D eigenvalue weighted by atomic mass is 16.5. The van der Waals surface area contributed by atoms with Gasteiger partial charge < -0.3 is 19.3 Å². The highest BCUT2D eigenvalue weighted by molar-refractivity contribution is 5.95. The molecule has 6 nitrogen and oxygen atoms in total. The SMILES string of the molecule is C=C(/C=C\C(OC)=C(C)C)C1CCC(CN(C(=O)C2CCC(O)CC2)c2cccc(-n3cnc(C)c3)c2)CC1. The quantitative estimate of drug-likeness (QED) is 0.282. The number of carbonyl (C=O) groups excluding carboxylic acids is 1. The topological polar surface area (TPSA) is 67.6 Å². The molecule has 0 saturated heterocycles. The standard InChI is InChI=1S/C33H45N3O3/c1-23(2)32(39-5)18-9-24(3)27-12-10-26(11-13-27)21-36(33(38)28-14-16-31(37)17-15-28)30-8-6-7-29(19-30)35-20-25(4)34-22-35/h6-9,18-20,22,26-28,31,37H,3,10-17,21H2,1-2,4-5H3/b18-9-. The Morgan fingerprint density at radius 3 is 2.41 bits per heavy atom. The lowest BCUT2D eigenvalue weighted by atomic mass is 9.78. The minimum absolute atomic E-state index is 0.0288. The number of nitrogens with zero attached hydrogens (tertiary/aromatic N) is 3. The minimum atomic E-state index is -0.274. The van der Waals surface area contributed by atoms with Crippen molar-refractivity contribution in [3.05, 3.63) is 78.1 Å². The van der Waals surface area contributed by atoms with Crippen molar-refractivity contribution < 1.29 is 14.6 Å². The van der Waals surface area contributed by atoms with Gasteiger partial charge >= 0.3 is 0 Å². The lowest BCUT2D eigenvalue weighted by Crippen LogP contribution is -2.42. The molecule has 0 spiro atoms. The molecule has 4 rings (SSSR count). The van der Waals surface area contributed by atoms with Crippen LogP contribution in [-0.4, -0.2) is 40.3 Å². The van der Waals surface area contributed by atoms with Crippen LogP contribution in [0.4, 0.5) is 5.69 Å². The molecule has 1 aromatic carbocycles. The van der Waals surface area contributed by atoms with Gasteiger partial charge in [0.05, 0.1) is 25.2 Å². The van der Waals surface area contributed by atoms with Gasteiger partial charge in [0, 0.05) is 30.0 Å². The molecule has 1 heterocycles. The van der Waals surface area contributed by atoms with Gasteiger partial charge in [-0.25, -0.2) is 4.98 Å². The smallest absolute Gasteiger partial charge is 0.230 e. The van der Waals surface area contributed by atoms with Crippen LogP contribution in [-0.2, 0) is 9.53 Å². The molecule has 0 unspecified atom stereocenters. The number of hydrogen-bond donors (Lipinski definition) is 1. The van der Waals surface area contributed by atoms with Gasteiger partial charge in [0.25, 0.3) is 0 Å². The number of anilines is 1. The second kappa shape index (κ2) is 13.3. The molecule has 2 aliphatic rings. The maximum atomic E-state index is 13.9. The third-order valence-corrected chi connectivity index (χ3v) is 8.44. The third kappa shape index (κ3) is 7.51. The van der Waals surface area contributed by atoms with E-state index in [2.05, 4.69) is 35.8 Å². The number of rotatable bonds is 9. The molecular weight excluding hydrogens is 486 g/mol. The Hall–Kier alpha value is -3.12. The number of ether oxygens (including phenoxy) is 1. The van der Waals surface area contributed by atoms with Crippen LogP contribution in [0.2, 0.25) is 0 Å². The number of amides is 1. The summed E-state index contributed by atoms with van der Waals surface area (Å²) in [6.07, 6.45) is 14.9. The molecule has 6 heteroatoms. The van der Waals surface area contributed by atoms with Gasteiger partial charge in [0.15, 0.2) is 0 Å². The largest absolute Gasteiger partial charge is 0.497 e. The Morgan fingerprint density at radius 2 is 1.79 bits per heavy atom. The molecule has 1 amide bonds. The van der Waals surface area contributed by atoms with Crippen molar-refractivity contribution in [3.63, 3.8) is 0 Å². The summed E-state index contributed by atoms with van der Waals surface area (Å²) < 4.78 is 7.47. The fourth-order valence-electron chi connectivity index (χ4n) is 5.98. The number of aliphatic hydroxyl groups excluding tert-OH is 1. The summed E-state index contributed by atoms with van der Waals surface area (Å²) in [5.41, 5.74) is 5.21. The molecule has 0 aliphatic heterocycles. The van der Waals surface area contributed by atoms with Crippen molar-refractivity contribution in [1.29, 1.82) is 0 Å². The summed E-state index contributed by atoms with van der Waals surface area (Å²) in [4.78, 5) is 20.3. The molecule has 1 aromatic heterocycles. The van der Waals surface area contributed by atoms with Crippen LogP contribution in [0.5, 0.6) is 0 Å². The zero-order valence-corrected chi connectivity index (χ0v) is 24.1. The maximum absolute atomic E-state index is 13.9. The second-order valence-electron chi connectivity index (χ2n) is 11.6. The average molecular weight is 532 g/mol. The Kier molecular flexibility index (Phi) is 9.84. The molecule has 1 N–H and O–H groups in total. The van der Waals surface area contributed by atoms with Crippen molar-refractivity contribution in [3.8, 4) is 5.69 Å². The Labute approximate surface area is 234 Å². The summed E-state index contributed by atoms with van der Waals surface area (Å²) in [5.74, 6) is 1.97. The third-order valence-electron chi connectivity index (χ3n) is 8.44. The average Bonchev–Trinajstić information content (AvgIpc) is 3.38. The minimum Gasteiger partial charge on any atom is -0.497 e. The fraction of sp³-hybridized carbons (Fsp3) is 0.515. The number of aryl methyl sites for hydroxylation is 1. The number of aliphatic hydroxyl groups is 1.